The van der Waals surface area contributed by atoms with Crippen LogP contribution in [0.5, 0.6) is 0 Å². The van der Waals surface area contributed by atoms with E-state index in [0.717, 1.165) is 70.6 Å². The summed E-state index contributed by atoms with van der Waals surface area (Å²) in [4.78, 5) is 38.3. The molecule has 0 spiro atoms. The molecule has 6 nitrogen and oxygen atoms in total. The van der Waals surface area contributed by atoms with Crippen LogP contribution in [-0.2, 0) is 28.6 Å². The molecule has 0 aromatic rings. The van der Waals surface area contributed by atoms with Crippen LogP contribution in [0.1, 0.15) is 342 Å². The average molecular weight is 998 g/mol. The van der Waals surface area contributed by atoms with E-state index in [1.807, 2.05) is 0 Å². The maximum absolute atomic E-state index is 12.9. The Labute approximate surface area is 442 Å². The van der Waals surface area contributed by atoms with Crippen molar-refractivity contribution in [3.8, 4) is 0 Å². The monoisotopic (exact) mass is 997 g/mol. The highest BCUT2D eigenvalue weighted by atomic mass is 16.6. The van der Waals surface area contributed by atoms with Gasteiger partial charge in [-0.25, -0.2) is 0 Å². The van der Waals surface area contributed by atoms with E-state index < -0.39 is 6.10 Å². The van der Waals surface area contributed by atoms with Gasteiger partial charge >= 0.3 is 17.9 Å². The van der Waals surface area contributed by atoms with Gasteiger partial charge in [0.1, 0.15) is 13.2 Å². The average Bonchev–Trinajstić information content (AvgIpc) is 3.37. The van der Waals surface area contributed by atoms with Crippen molar-refractivity contribution >= 4 is 17.9 Å². The Morgan fingerprint density at radius 2 is 0.465 bits per heavy atom. The first-order valence-electron chi connectivity index (χ1n) is 31.5. The molecule has 0 aliphatic carbocycles. The fraction of sp³-hybridized carbons (Fsp3) is 0.862. The minimum Gasteiger partial charge on any atom is -0.462 e. The molecule has 0 aromatic carbocycles. The van der Waals surface area contributed by atoms with Gasteiger partial charge in [0, 0.05) is 19.3 Å². The number of rotatable bonds is 58. The van der Waals surface area contributed by atoms with E-state index in [1.165, 1.54) is 231 Å². The minimum absolute atomic E-state index is 0.0778. The third-order valence-electron chi connectivity index (χ3n) is 14.1. The molecule has 6 heteroatoms. The molecule has 0 saturated heterocycles. The molecule has 0 aliphatic rings. The molecule has 1 unspecified atom stereocenters. The zero-order valence-electron chi connectivity index (χ0n) is 47.8. The van der Waals surface area contributed by atoms with Gasteiger partial charge in [-0.15, -0.1) is 0 Å². The van der Waals surface area contributed by atoms with E-state index in [4.69, 9.17) is 14.2 Å². The van der Waals surface area contributed by atoms with Crippen LogP contribution in [-0.4, -0.2) is 37.2 Å². The molecule has 416 valence electrons. The molecular formula is C65H120O6. The van der Waals surface area contributed by atoms with Crippen LogP contribution in [0.3, 0.4) is 0 Å². The van der Waals surface area contributed by atoms with Crippen molar-refractivity contribution in [1.82, 2.24) is 0 Å². The molecule has 0 bridgehead atoms. The second-order valence-corrected chi connectivity index (χ2v) is 21.3. The summed E-state index contributed by atoms with van der Waals surface area (Å²) >= 11 is 0. The van der Waals surface area contributed by atoms with Gasteiger partial charge in [-0.2, -0.15) is 0 Å². The predicted octanol–water partition coefficient (Wildman–Crippen LogP) is 21.2. The lowest BCUT2D eigenvalue weighted by Crippen LogP contribution is -2.30. The largest absolute Gasteiger partial charge is 0.462 e. The summed E-state index contributed by atoms with van der Waals surface area (Å²) < 4.78 is 16.9. The molecule has 1 atom stereocenters. The molecule has 0 aliphatic heterocycles. The van der Waals surface area contributed by atoms with E-state index in [1.54, 1.807) is 0 Å². The van der Waals surface area contributed by atoms with Crippen LogP contribution in [0.15, 0.2) is 36.5 Å². The topological polar surface area (TPSA) is 78.9 Å². The Morgan fingerprint density at radius 1 is 0.268 bits per heavy atom. The fourth-order valence-electron chi connectivity index (χ4n) is 9.31. The molecule has 0 rings (SSSR count). The summed E-state index contributed by atoms with van der Waals surface area (Å²) in [5, 5.41) is 0. The van der Waals surface area contributed by atoms with Gasteiger partial charge in [-0.3, -0.25) is 14.4 Å². The number of unbranched alkanes of at least 4 members (excludes halogenated alkanes) is 41. The van der Waals surface area contributed by atoms with E-state index in [9.17, 15) is 14.4 Å². The zero-order valence-corrected chi connectivity index (χ0v) is 47.8. The van der Waals surface area contributed by atoms with Gasteiger partial charge in [0.2, 0.25) is 0 Å². The lowest BCUT2D eigenvalue weighted by molar-refractivity contribution is -0.167. The first-order chi connectivity index (χ1) is 35.0. The van der Waals surface area contributed by atoms with E-state index in [2.05, 4.69) is 57.2 Å². The number of hydrogen-bond acceptors (Lipinski definition) is 6. The SMILES string of the molecule is CCCCCCCCC/C=C\CCCCCCCC(=O)OCC(COC(=O)CCCCCCCCC/C=C\CCCCCCCCCC)OC(=O)CCCCCCC/C=C\CCCCCCCCCCC. The number of ether oxygens (including phenoxy) is 3. The fourth-order valence-corrected chi connectivity index (χ4v) is 9.31. The lowest BCUT2D eigenvalue weighted by atomic mass is 10.1. The molecule has 0 fully saturated rings. The molecular weight excluding hydrogens is 877 g/mol. The quantitative estimate of drug-likeness (QED) is 0.0261. The first kappa shape index (κ1) is 68.6. The van der Waals surface area contributed by atoms with Crippen molar-refractivity contribution in [1.29, 1.82) is 0 Å². The van der Waals surface area contributed by atoms with Gasteiger partial charge in [0.05, 0.1) is 0 Å². The van der Waals surface area contributed by atoms with Crippen molar-refractivity contribution in [2.75, 3.05) is 13.2 Å². The Bertz CT molecular complexity index is 1190. The molecule has 0 N–H and O–H groups in total. The Hall–Kier alpha value is -2.37. The smallest absolute Gasteiger partial charge is 0.306 e. The number of esters is 3. The second-order valence-electron chi connectivity index (χ2n) is 21.3. The maximum Gasteiger partial charge on any atom is 0.306 e. The van der Waals surface area contributed by atoms with Crippen molar-refractivity contribution < 1.29 is 28.6 Å². The summed E-state index contributed by atoms with van der Waals surface area (Å²) in [5.41, 5.74) is 0. The standard InChI is InChI=1S/C65H120O6/c1-4-7-10-13-16-19-22-25-28-31-33-35-37-40-43-46-49-52-55-58-64(67)70-61-62(60-69-63(66)57-54-51-48-45-42-39-36-30-27-24-21-18-15-12-9-6-3)71-65(68)59-56-53-50-47-44-41-38-34-32-29-26-23-20-17-14-11-8-5-2/h30-31,33-34,36,38,62H,4-29,32,35,37,39-61H2,1-3H3/b33-31-,36-30-,38-34-. The molecule has 0 heterocycles. The van der Waals surface area contributed by atoms with Crippen LogP contribution >= 0.6 is 0 Å². The van der Waals surface area contributed by atoms with E-state index in [0.29, 0.717) is 19.3 Å². The highest BCUT2D eigenvalue weighted by Gasteiger charge is 2.19. The predicted molar refractivity (Wildman–Crippen MR) is 307 cm³/mol. The van der Waals surface area contributed by atoms with Crippen molar-refractivity contribution in [3.63, 3.8) is 0 Å². The van der Waals surface area contributed by atoms with Crippen LogP contribution in [0.25, 0.3) is 0 Å². The number of carbonyl (C=O) groups excluding carboxylic acids is 3. The Morgan fingerprint density at radius 3 is 0.704 bits per heavy atom. The van der Waals surface area contributed by atoms with Gasteiger partial charge < -0.3 is 14.2 Å². The van der Waals surface area contributed by atoms with E-state index >= 15 is 0 Å². The van der Waals surface area contributed by atoms with Crippen LogP contribution in [0, 0.1) is 0 Å². The normalized spacial score (nSPS) is 12.2. The van der Waals surface area contributed by atoms with E-state index in [-0.39, 0.29) is 31.1 Å². The van der Waals surface area contributed by atoms with Crippen LogP contribution in [0.4, 0.5) is 0 Å². The third kappa shape index (κ3) is 58.4. The summed E-state index contributed by atoms with van der Waals surface area (Å²) in [6, 6.07) is 0. The minimum atomic E-state index is -0.781. The number of carbonyl (C=O) groups is 3. The highest BCUT2D eigenvalue weighted by Crippen LogP contribution is 2.16. The molecule has 0 amide bonds. The highest BCUT2D eigenvalue weighted by molar-refractivity contribution is 5.71. The molecule has 0 aromatic heterocycles. The van der Waals surface area contributed by atoms with Crippen molar-refractivity contribution in [3.05, 3.63) is 36.5 Å². The summed E-state index contributed by atoms with van der Waals surface area (Å²) in [7, 11) is 0. The lowest BCUT2D eigenvalue weighted by Gasteiger charge is -2.18. The van der Waals surface area contributed by atoms with Gasteiger partial charge in [-0.1, -0.05) is 263 Å². The number of allylic oxidation sites excluding steroid dienone is 6. The molecule has 0 saturated carbocycles. The van der Waals surface area contributed by atoms with Crippen molar-refractivity contribution in [2.24, 2.45) is 0 Å². The molecule has 0 radical (unpaired) electrons. The van der Waals surface area contributed by atoms with Gasteiger partial charge in [-0.05, 0) is 96.3 Å². The first-order valence-corrected chi connectivity index (χ1v) is 31.5. The van der Waals surface area contributed by atoms with Gasteiger partial charge in [0.15, 0.2) is 6.10 Å². The zero-order chi connectivity index (χ0) is 51.4. The summed E-state index contributed by atoms with van der Waals surface area (Å²) in [5.74, 6) is -0.878. The van der Waals surface area contributed by atoms with Crippen molar-refractivity contribution in [2.45, 2.75) is 348 Å². The summed E-state index contributed by atoms with van der Waals surface area (Å²) in [6.07, 6.45) is 72.8. The third-order valence-corrected chi connectivity index (χ3v) is 14.1. The summed E-state index contributed by atoms with van der Waals surface area (Å²) in [6.45, 7) is 6.67. The Kier molecular flexibility index (Phi) is 58.2. The Balaban J connectivity index is 4.37. The van der Waals surface area contributed by atoms with Crippen LogP contribution in [0.2, 0.25) is 0 Å². The second kappa shape index (κ2) is 60.2. The molecule has 71 heavy (non-hydrogen) atoms. The van der Waals surface area contributed by atoms with Gasteiger partial charge in [0.25, 0.3) is 0 Å². The number of hydrogen-bond donors (Lipinski definition) is 0. The van der Waals surface area contributed by atoms with Crippen LogP contribution < -0.4 is 0 Å². The maximum atomic E-state index is 12.9.